The lowest BCUT2D eigenvalue weighted by Crippen LogP contribution is -2.44. The molecule has 1 saturated heterocycles. The highest BCUT2D eigenvalue weighted by atomic mass is 16.5. The van der Waals surface area contributed by atoms with E-state index in [4.69, 9.17) is 4.74 Å². The Labute approximate surface area is 126 Å². The van der Waals surface area contributed by atoms with Gasteiger partial charge >= 0.3 is 0 Å². The van der Waals surface area contributed by atoms with E-state index >= 15 is 0 Å². The van der Waals surface area contributed by atoms with Crippen LogP contribution in [0.25, 0.3) is 0 Å². The van der Waals surface area contributed by atoms with Crippen LogP contribution in [0.3, 0.4) is 0 Å². The van der Waals surface area contributed by atoms with Gasteiger partial charge in [-0.1, -0.05) is 20.8 Å². The molecule has 2 rings (SSSR count). The summed E-state index contributed by atoms with van der Waals surface area (Å²) in [5.41, 5.74) is 0.901. The van der Waals surface area contributed by atoms with Crippen LogP contribution in [0.5, 0.6) is 0 Å². The van der Waals surface area contributed by atoms with Crippen LogP contribution in [0.15, 0.2) is 17.1 Å². The number of aromatic nitrogens is 2. The van der Waals surface area contributed by atoms with Crippen LogP contribution in [-0.2, 0) is 11.3 Å². The summed E-state index contributed by atoms with van der Waals surface area (Å²) in [6.07, 6.45) is 1.78. The summed E-state index contributed by atoms with van der Waals surface area (Å²) in [4.78, 5) is 14.4. The van der Waals surface area contributed by atoms with Gasteiger partial charge in [-0.2, -0.15) is 5.10 Å². The van der Waals surface area contributed by atoms with Crippen molar-refractivity contribution in [1.29, 1.82) is 0 Å². The number of hydrogen-bond acceptors (Lipinski definition) is 5. The van der Waals surface area contributed by atoms with E-state index in [1.54, 1.807) is 12.3 Å². The summed E-state index contributed by atoms with van der Waals surface area (Å²) in [6.45, 7) is 10.1. The number of morpholine rings is 1. The van der Waals surface area contributed by atoms with Crippen LogP contribution in [0.4, 0.5) is 5.69 Å². The first-order valence-electron chi connectivity index (χ1n) is 7.49. The quantitative estimate of drug-likeness (QED) is 0.886. The van der Waals surface area contributed by atoms with Crippen LogP contribution in [0.2, 0.25) is 0 Å². The van der Waals surface area contributed by atoms with Crippen molar-refractivity contribution in [2.24, 2.45) is 5.41 Å². The normalized spacial score (nSPS) is 17.8. The first-order valence-corrected chi connectivity index (χ1v) is 7.49. The van der Waals surface area contributed by atoms with Gasteiger partial charge in [-0.05, 0) is 12.5 Å². The van der Waals surface area contributed by atoms with Gasteiger partial charge in [0, 0.05) is 25.2 Å². The molecule has 1 unspecified atom stereocenters. The predicted molar refractivity (Wildman–Crippen MR) is 83.8 cm³/mol. The second-order valence-corrected chi connectivity index (χ2v) is 6.54. The zero-order valence-corrected chi connectivity index (χ0v) is 13.4. The molecule has 0 aromatic carbocycles. The van der Waals surface area contributed by atoms with Crippen molar-refractivity contribution < 1.29 is 4.74 Å². The van der Waals surface area contributed by atoms with E-state index in [1.807, 2.05) is 7.05 Å². The van der Waals surface area contributed by atoms with Gasteiger partial charge in [0.2, 0.25) is 0 Å². The molecule has 1 fully saturated rings. The molecule has 1 aromatic rings. The van der Waals surface area contributed by atoms with Gasteiger partial charge in [-0.15, -0.1) is 0 Å². The predicted octanol–water partition coefficient (Wildman–Crippen LogP) is 0.714. The fourth-order valence-electron chi connectivity index (χ4n) is 2.53. The maximum Gasteiger partial charge on any atom is 0.268 e. The third-order valence-corrected chi connectivity index (χ3v) is 3.98. The van der Waals surface area contributed by atoms with E-state index in [0.717, 1.165) is 18.8 Å². The Balaban J connectivity index is 2.13. The maximum atomic E-state index is 12.3. The van der Waals surface area contributed by atoms with Crippen LogP contribution >= 0.6 is 0 Å². The highest BCUT2D eigenvalue weighted by molar-refractivity contribution is 5.43. The number of likely N-dealkylation sites (N-methyl/N-ethyl adjacent to an activating group) is 1. The third kappa shape index (κ3) is 4.04. The minimum Gasteiger partial charge on any atom is -0.378 e. The Kier molecular flexibility index (Phi) is 5.00. The molecule has 21 heavy (non-hydrogen) atoms. The van der Waals surface area contributed by atoms with Gasteiger partial charge < -0.3 is 15.0 Å². The van der Waals surface area contributed by atoms with Crippen LogP contribution < -0.4 is 15.8 Å². The van der Waals surface area contributed by atoms with E-state index in [2.05, 4.69) is 36.1 Å². The lowest BCUT2D eigenvalue weighted by molar-refractivity contribution is 0.122. The van der Waals surface area contributed by atoms with Crippen molar-refractivity contribution in [3.8, 4) is 0 Å². The average Bonchev–Trinajstić information content (AvgIpc) is 2.45. The van der Waals surface area contributed by atoms with Gasteiger partial charge in [-0.25, -0.2) is 4.68 Å². The summed E-state index contributed by atoms with van der Waals surface area (Å²) in [5, 5.41) is 7.61. The fourth-order valence-corrected chi connectivity index (χ4v) is 2.53. The molecule has 2 heterocycles. The van der Waals surface area contributed by atoms with E-state index < -0.39 is 0 Å². The molecule has 0 saturated carbocycles. The molecule has 1 aliphatic heterocycles. The summed E-state index contributed by atoms with van der Waals surface area (Å²) >= 11 is 0. The smallest absolute Gasteiger partial charge is 0.268 e. The van der Waals surface area contributed by atoms with Crippen LogP contribution in [0, 0.1) is 5.41 Å². The van der Waals surface area contributed by atoms with Crippen molar-refractivity contribution >= 4 is 5.69 Å². The lowest BCUT2D eigenvalue weighted by atomic mass is 9.87. The standard InChI is InChI=1S/C15H26N4O2/c1-15(2,3)13(16-4)11-19-14(20)9-12(10-17-19)18-5-7-21-8-6-18/h9-10,13,16H,5-8,11H2,1-4H3. The Hall–Kier alpha value is -1.40. The molecule has 118 valence electrons. The summed E-state index contributed by atoms with van der Waals surface area (Å²) in [7, 11) is 1.92. The molecule has 0 spiro atoms. The lowest BCUT2D eigenvalue weighted by Gasteiger charge is -2.31. The van der Waals surface area contributed by atoms with Gasteiger partial charge in [0.15, 0.2) is 0 Å². The zero-order chi connectivity index (χ0) is 15.5. The topological polar surface area (TPSA) is 59.4 Å². The monoisotopic (exact) mass is 294 g/mol. The van der Waals surface area contributed by atoms with Crippen molar-refractivity contribution in [2.75, 3.05) is 38.3 Å². The number of anilines is 1. The number of nitrogens with one attached hydrogen (secondary N) is 1. The maximum absolute atomic E-state index is 12.3. The van der Waals surface area contributed by atoms with E-state index in [0.29, 0.717) is 19.8 Å². The molecular formula is C15H26N4O2. The minimum atomic E-state index is -0.0523. The second-order valence-electron chi connectivity index (χ2n) is 6.54. The first kappa shape index (κ1) is 16.0. The number of ether oxygens (including phenoxy) is 1. The molecule has 1 atom stereocenters. The molecule has 0 amide bonds. The Morgan fingerprint density at radius 2 is 2.05 bits per heavy atom. The van der Waals surface area contributed by atoms with Gasteiger partial charge in [0.1, 0.15) is 0 Å². The van der Waals surface area contributed by atoms with Crippen LogP contribution in [-0.4, -0.2) is 49.2 Å². The third-order valence-electron chi connectivity index (χ3n) is 3.98. The molecule has 6 heteroatoms. The van der Waals surface area contributed by atoms with Gasteiger partial charge in [0.05, 0.1) is 31.6 Å². The molecule has 0 bridgehead atoms. The number of rotatable bonds is 4. The SMILES string of the molecule is CNC(Cn1ncc(N2CCOCC2)cc1=O)C(C)(C)C. The van der Waals surface area contributed by atoms with E-state index in [-0.39, 0.29) is 17.0 Å². The largest absolute Gasteiger partial charge is 0.378 e. The highest BCUT2D eigenvalue weighted by Gasteiger charge is 2.24. The van der Waals surface area contributed by atoms with Crippen LogP contribution in [0.1, 0.15) is 20.8 Å². The zero-order valence-electron chi connectivity index (χ0n) is 13.4. The first-order chi connectivity index (χ1) is 9.91. The molecule has 1 aromatic heterocycles. The summed E-state index contributed by atoms with van der Waals surface area (Å²) in [6, 6.07) is 1.87. The van der Waals surface area contributed by atoms with Crippen molar-refractivity contribution in [3.63, 3.8) is 0 Å². The molecule has 1 N–H and O–H groups in total. The summed E-state index contributed by atoms with van der Waals surface area (Å²) in [5.74, 6) is 0. The minimum absolute atomic E-state index is 0.0523. The Bertz CT molecular complexity index is 515. The van der Waals surface area contributed by atoms with Gasteiger partial charge in [0.25, 0.3) is 5.56 Å². The highest BCUT2D eigenvalue weighted by Crippen LogP contribution is 2.20. The molecule has 0 aliphatic carbocycles. The Morgan fingerprint density at radius 3 is 2.57 bits per heavy atom. The van der Waals surface area contributed by atoms with Gasteiger partial charge in [-0.3, -0.25) is 4.79 Å². The Morgan fingerprint density at radius 1 is 1.38 bits per heavy atom. The number of hydrogen-bond donors (Lipinski definition) is 1. The van der Waals surface area contributed by atoms with Crippen molar-refractivity contribution in [2.45, 2.75) is 33.4 Å². The summed E-state index contributed by atoms with van der Waals surface area (Å²) < 4.78 is 6.86. The van der Waals surface area contributed by atoms with Crippen molar-refractivity contribution in [1.82, 2.24) is 15.1 Å². The molecule has 6 nitrogen and oxygen atoms in total. The molecule has 0 radical (unpaired) electrons. The molecule has 1 aliphatic rings. The van der Waals surface area contributed by atoms with Crippen molar-refractivity contribution in [3.05, 3.63) is 22.6 Å². The second kappa shape index (κ2) is 6.58. The molecular weight excluding hydrogens is 268 g/mol. The fraction of sp³-hybridized carbons (Fsp3) is 0.733. The van der Waals surface area contributed by atoms with E-state index in [9.17, 15) is 4.79 Å². The average molecular weight is 294 g/mol. The number of nitrogens with zero attached hydrogens (tertiary/aromatic N) is 3. The van der Waals surface area contributed by atoms with E-state index in [1.165, 1.54) is 4.68 Å².